The Balaban J connectivity index is 1.71. The molecule has 0 saturated heterocycles. The summed E-state index contributed by atoms with van der Waals surface area (Å²) in [6.45, 7) is 7.56. The first kappa shape index (κ1) is 31.4. The van der Waals surface area contributed by atoms with Gasteiger partial charge in [0.1, 0.15) is 0 Å². The van der Waals surface area contributed by atoms with E-state index >= 15 is 0 Å². The molecule has 13 heteroatoms. The molecule has 3 aromatic carbocycles. The number of ether oxygens (including phenoxy) is 1. The van der Waals surface area contributed by atoms with Crippen LogP contribution >= 0.6 is 0 Å². The second kappa shape index (κ2) is 10.5. The Morgan fingerprint density at radius 1 is 0.822 bits per heavy atom. The molecule has 0 unspecified atom stereocenters. The van der Waals surface area contributed by atoms with Crippen molar-refractivity contribution in [2.24, 2.45) is 0 Å². The van der Waals surface area contributed by atoms with Crippen LogP contribution in [0.1, 0.15) is 60.3 Å². The monoisotopic (exact) mass is 739 g/mol. The van der Waals surface area contributed by atoms with Gasteiger partial charge in [0.15, 0.2) is 0 Å². The zero-order chi connectivity index (χ0) is 32.7. The van der Waals surface area contributed by atoms with Gasteiger partial charge in [0.2, 0.25) is 0 Å². The molecule has 234 valence electrons. The average molecular weight is 739 g/mol. The van der Waals surface area contributed by atoms with Gasteiger partial charge in [-0.15, -0.1) is 0 Å². The number of carboxylic acid groups (broad SMARTS) is 1. The molecule has 11 nitrogen and oxygen atoms in total. The molecule has 45 heavy (non-hydrogen) atoms. The predicted octanol–water partition coefficient (Wildman–Crippen LogP) is 0.909. The third-order valence-electron chi connectivity index (χ3n) is 7.85. The fraction of sp³-hybridized carbons (Fsp3) is 0.250. The van der Waals surface area contributed by atoms with Crippen molar-refractivity contribution in [1.29, 1.82) is 0 Å². The minimum absolute atomic E-state index is 0.0312. The van der Waals surface area contributed by atoms with Crippen molar-refractivity contribution in [2.45, 2.75) is 49.2 Å². The zero-order valence-electron chi connectivity index (χ0n) is 25.0. The standard InChI is InChI=1S/C32H32As2N2O9/c1-31(2)13-17(15-33(39,40)41)21-9-23-27(11-25(21)35-31)45-28-12-26-22(18(16-34(42,43)44)14-32(3,4)36-26)10-24(28)29(23)19-7-5-6-8-20(19)30(37)38/h5-14,35H,15-16H2,1-4H3,(H,37,38)(H2,39,40,41)(H2,42,43,44)/p+1. The van der Waals surface area contributed by atoms with Gasteiger partial charge < -0.3 is 0 Å². The fourth-order valence-corrected chi connectivity index (χ4v) is 9.36. The summed E-state index contributed by atoms with van der Waals surface area (Å²) in [6, 6.07) is 13.6. The van der Waals surface area contributed by atoms with E-state index in [9.17, 15) is 33.8 Å². The van der Waals surface area contributed by atoms with E-state index in [-0.39, 0.29) is 5.56 Å². The molecule has 0 spiro atoms. The van der Waals surface area contributed by atoms with Gasteiger partial charge >= 0.3 is 265 Å². The van der Waals surface area contributed by atoms with Crippen LogP contribution in [0, 0.1) is 0 Å². The Morgan fingerprint density at radius 3 is 2.11 bits per heavy atom. The summed E-state index contributed by atoms with van der Waals surface area (Å²) in [4.78, 5) is 15.9. The number of rotatable bonds is 6. The fourth-order valence-electron chi connectivity index (χ4n) is 6.40. The molecule has 3 aromatic rings. The third-order valence-corrected chi connectivity index (χ3v) is 11.0. The van der Waals surface area contributed by atoms with Crippen LogP contribution in [-0.2, 0) is 7.48 Å². The Kier molecular flexibility index (Phi) is 7.32. The summed E-state index contributed by atoms with van der Waals surface area (Å²) in [5.41, 5.74) is 2.85. The Bertz CT molecular complexity index is 2100. The van der Waals surface area contributed by atoms with Crippen molar-refractivity contribution in [1.82, 2.24) is 0 Å². The third kappa shape index (κ3) is 6.29. The van der Waals surface area contributed by atoms with Crippen LogP contribution in [0.3, 0.4) is 0 Å². The number of hydrogen-bond acceptors (Lipinski definition) is 5. The van der Waals surface area contributed by atoms with E-state index in [1.54, 1.807) is 54.6 Å². The number of allylic oxidation sites excluding steroid dienone is 2. The van der Waals surface area contributed by atoms with Gasteiger partial charge in [0.25, 0.3) is 0 Å². The zero-order valence-corrected chi connectivity index (χ0v) is 28.7. The van der Waals surface area contributed by atoms with Crippen LogP contribution in [-0.4, -0.2) is 66.9 Å². The number of benzene rings is 3. The maximum absolute atomic E-state index is 12.5. The van der Waals surface area contributed by atoms with Gasteiger partial charge in [0.05, 0.1) is 0 Å². The second-order valence-electron chi connectivity index (χ2n) is 12.8. The van der Waals surface area contributed by atoms with Crippen molar-refractivity contribution >= 4 is 56.7 Å². The average Bonchev–Trinajstić information content (AvgIpc) is 2.87. The first-order chi connectivity index (χ1) is 20.8. The van der Waals surface area contributed by atoms with E-state index < -0.39 is 55.8 Å². The number of fused-ring (bicyclic) bond motifs is 4. The number of aromatic carboxylic acids is 1. The summed E-state index contributed by atoms with van der Waals surface area (Å²) in [6.07, 6.45) is 3.57. The molecule has 3 heterocycles. The van der Waals surface area contributed by atoms with Gasteiger partial charge in [-0.25, -0.2) is 0 Å². The van der Waals surface area contributed by atoms with Crippen molar-refractivity contribution in [2.75, 3.05) is 5.32 Å². The number of carboxylic acids is 1. The van der Waals surface area contributed by atoms with Crippen LogP contribution < -0.4 is 25.6 Å². The number of nitrogens with one attached hydrogen (secondary N) is 2. The topological polar surface area (TPSA) is 188 Å². The maximum atomic E-state index is 12.5. The molecule has 3 aliphatic rings. The van der Waals surface area contributed by atoms with E-state index in [0.717, 1.165) is 0 Å². The van der Waals surface area contributed by atoms with Crippen LogP contribution in [0.15, 0.2) is 60.7 Å². The van der Waals surface area contributed by atoms with Gasteiger partial charge in [0, 0.05) is 0 Å². The second-order valence-corrected chi connectivity index (χ2v) is 19.7. The van der Waals surface area contributed by atoms with Crippen LogP contribution in [0.5, 0.6) is 11.5 Å². The van der Waals surface area contributed by atoms with Crippen LogP contribution in [0.25, 0.3) is 16.7 Å². The molecule has 0 aromatic heterocycles. The molecule has 0 saturated carbocycles. The summed E-state index contributed by atoms with van der Waals surface area (Å²) in [5, 5.41) is 13.8. The number of hydrogen-bond donors (Lipinski definition) is 7. The Hall–Kier alpha value is -3.56. The SMILES string of the molecule is CC1(C)C=C(C[As](=O)(O)O)c2cc3c(cc2N1)Oc1cc2c(cc1=C3c1ccccc1C(=O)O)C(C[As](=O)(O)O)=CC(C)(C)[NH+]=2. The summed E-state index contributed by atoms with van der Waals surface area (Å²) in [7, 11) is 0. The first-order valence-electron chi connectivity index (χ1n) is 14.1. The number of carbonyl (C=O) groups is 1. The molecule has 0 amide bonds. The molecule has 0 bridgehead atoms. The Labute approximate surface area is 264 Å². The van der Waals surface area contributed by atoms with Gasteiger partial charge in [-0.1, -0.05) is 0 Å². The van der Waals surface area contributed by atoms with Crippen LogP contribution in [0.2, 0.25) is 10.4 Å². The molecular weight excluding hydrogens is 706 g/mol. The van der Waals surface area contributed by atoms with Gasteiger partial charge in [-0.05, 0) is 0 Å². The molecule has 3 aliphatic heterocycles. The van der Waals surface area contributed by atoms with E-state index in [1.165, 1.54) is 6.07 Å². The minimum atomic E-state index is -5.13. The van der Waals surface area contributed by atoms with E-state index in [2.05, 4.69) is 10.3 Å². The van der Waals surface area contributed by atoms with Crippen molar-refractivity contribution < 1.29 is 43.5 Å². The van der Waals surface area contributed by atoms with Crippen molar-refractivity contribution in [3.05, 3.63) is 99.1 Å². The van der Waals surface area contributed by atoms with E-state index in [4.69, 9.17) is 4.74 Å². The summed E-state index contributed by atoms with van der Waals surface area (Å²) < 4.78 is 70.8. The molecule has 0 aliphatic carbocycles. The normalized spacial score (nSPS) is 17.6. The van der Waals surface area contributed by atoms with Crippen molar-refractivity contribution in [3.63, 3.8) is 0 Å². The van der Waals surface area contributed by atoms with E-state index in [1.807, 2.05) is 27.7 Å². The van der Waals surface area contributed by atoms with Gasteiger partial charge in [-0.2, -0.15) is 0 Å². The quantitative estimate of drug-likeness (QED) is 0.140. The molecular formula is C32H33As2N2O9+. The predicted molar refractivity (Wildman–Crippen MR) is 166 cm³/mol. The van der Waals surface area contributed by atoms with Gasteiger partial charge in [-0.3, -0.25) is 0 Å². The molecule has 0 radical (unpaired) electrons. The molecule has 0 fully saturated rings. The molecule has 0 atom stereocenters. The summed E-state index contributed by atoms with van der Waals surface area (Å²) in [5.74, 6) is -0.330. The van der Waals surface area contributed by atoms with E-state index in [0.29, 0.717) is 66.7 Å². The van der Waals surface area contributed by atoms with Crippen LogP contribution in [0.4, 0.5) is 5.69 Å². The molecule has 6 rings (SSSR count). The first-order valence-corrected chi connectivity index (χ1v) is 21.7. The molecule has 7 N–H and O–H groups in total. The Morgan fingerprint density at radius 2 is 1.47 bits per heavy atom. The number of anilines is 1. The summed E-state index contributed by atoms with van der Waals surface area (Å²) >= 11 is -10.3. The van der Waals surface area contributed by atoms with Crippen molar-refractivity contribution in [3.8, 4) is 11.5 Å².